The molecule has 3 N–H and O–H groups in total. The smallest absolute Gasteiger partial charge is 0.314 e. The SMILES string of the molecule is CCCCCCOC(=O)[C@]1(CO)C[C@@](Cc2ccc(-c3ccccc3)cc2)(NC(=O)c2c[nH]nn2)C1. The first-order valence-electron chi connectivity index (χ1n) is 12.6. The summed E-state index contributed by atoms with van der Waals surface area (Å²) < 4.78 is 5.53. The van der Waals surface area contributed by atoms with Crippen LogP contribution in [0, 0.1) is 5.41 Å². The van der Waals surface area contributed by atoms with E-state index < -0.39 is 16.9 Å². The fraction of sp³-hybridized carbons (Fsp3) is 0.429. The highest BCUT2D eigenvalue weighted by atomic mass is 16.5. The summed E-state index contributed by atoms with van der Waals surface area (Å²) in [5, 5.41) is 23.2. The highest BCUT2D eigenvalue weighted by Crippen LogP contribution is 2.51. The Hall–Kier alpha value is -3.52. The highest BCUT2D eigenvalue weighted by Gasteiger charge is 2.60. The Morgan fingerprint density at radius 2 is 1.75 bits per heavy atom. The summed E-state index contributed by atoms with van der Waals surface area (Å²) >= 11 is 0. The zero-order chi connectivity index (χ0) is 25.4. The van der Waals surface area contributed by atoms with Crippen LogP contribution in [-0.4, -0.2) is 51.1 Å². The molecule has 1 saturated carbocycles. The molecule has 0 radical (unpaired) electrons. The van der Waals surface area contributed by atoms with E-state index >= 15 is 0 Å². The topological polar surface area (TPSA) is 117 Å². The van der Waals surface area contributed by atoms with E-state index in [0.29, 0.717) is 13.0 Å². The molecule has 0 aliphatic heterocycles. The number of nitrogens with zero attached hydrogens (tertiary/aromatic N) is 2. The summed E-state index contributed by atoms with van der Waals surface area (Å²) in [5.74, 6) is -0.767. The number of hydrogen-bond acceptors (Lipinski definition) is 6. The van der Waals surface area contributed by atoms with Gasteiger partial charge in [-0.3, -0.25) is 14.7 Å². The number of aliphatic hydroxyl groups is 1. The Labute approximate surface area is 211 Å². The summed E-state index contributed by atoms with van der Waals surface area (Å²) in [6.07, 6.45) is 6.53. The molecule has 2 aromatic carbocycles. The van der Waals surface area contributed by atoms with Crippen LogP contribution in [0.4, 0.5) is 0 Å². The van der Waals surface area contributed by atoms with E-state index in [1.165, 1.54) is 6.20 Å². The second-order valence-corrected chi connectivity index (χ2v) is 9.82. The lowest BCUT2D eigenvalue weighted by atomic mass is 9.55. The van der Waals surface area contributed by atoms with Crippen molar-refractivity contribution in [2.45, 2.75) is 57.4 Å². The van der Waals surface area contributed by atoms with Gasteiger partial charge in [-0.1, -0.05) is 86.0 Å². The van der Waals surface area contributed by atoms with Crippen molar-refractivity contribution in [1.82, 2.24) is 20.7 Å². The summed E-state index contributed by atoms with van der Waals surface area (Å²) in [5.41, 5.74) is 1.69. The number of carbonyl (C=O) groups excluding carboxylic acids is 2. The van der Waals surface area contributed by atoms with Crippen LogP contribution >= 0.6 is 0 Å². The fourth-order valence-electron chi connectivity index (χ4n) is 5.12. The summed E-state index contributed by atoms with van der Waals surface area (Å²) in [7, 11) is 0. The Balaban J connectivity index is 1.48. The van der Waals surface area contributed by atoms with Crippen molar-refractivity contribution in [3.8, 4) is 11.1 Å². The lowest BCUT2D eigenvalue weighted by Gasteiger charge is -2.54. The zero-order valence-corrected chi connectivity index (χ0v) is 20.7. The number of rotatable bonds is 12. The molecule has 0 atom stereocenters. The van der Waals surface area contributed by atoms with Crippen LogP contribution < -0.4 is 5.32 Å². The maximum Gasteiger partial charge on any atom is 0.314 e. The molecule has 0 unspecified atom stereocenters. The normalized spacial score (nSPS) is 20.9. The molecule has 8 heteroatoms. The third-order valence-corrected chi connectivity index (χ3v) is 6.95. The van der Waals surface area contributed by atoms with E-state index in [1.807, 2.05) is 30.3 Å². The van der Waals surface area contributed by atoms with Crippen molar-refractivity contribution in [1.29, 1.82) is 0 Å². The largest absolute Gasteiger partial charge is 0.465 e. The van der Waals surface area contributed by atoms with Gasteiger partial charge >= 0.3 is 5.97 Å². The van der Waals surface area contributed by atoms with E-state index in [2.05, 4.69) is 51.9 Å². The number of aromatic nitrogens is 3. The molecule has 0 saturated heterocycles. The minimum absolute atomic E-state index is 0.175. The minimum atomic E-state index is -1.02. The molecule has 1 amide bonds. The van der Waals surface area contributed by atoms with E-state index in [-0.39, 0.29) is 31.0 Å². The van der Waals surface area contributed by atoms with E-state index in [9.17, 15) is 14.7 Å². The lowest BCUT2D eigenvalue weighted by Crippen LogP contribution is -2.67. The van der Waals surface area contributed by atoms with Gasteiger partial charge in [0.25, 0.3) is 5.91 Å². The van der Waals surface area contributed by atoms with Crippen LogP contribution in [0.15, 0.2) is 60.8 Å². The maximum absolute atomic E-state index is 12.9. The van der Waals surface area contributed by atoms with Crippen LogP contribution in [0.1, 0.15) is 61.5 Å². The van der Waals surface area contributed by atoms with Gasteiger partial charge in [0.1, 0.15) is 0 Å². The number of benzene rings is 2. The van der Waals surface area contributed by atoms with E-state index in [0.717, 1.165) is 42.4 Å². The van der Waals surface area contributed by atoms with E-state index in [4.69, 9.17) is 4.74 Å². The van der Waals surface area contributed by atoms with Gasteiger partial charge in [0, 0.05) is 5.54 Å². The van der Waals surface area contributed by atoms with Crippen LogP contribution in [-0.2, 0) is 16.0 Å². The quantitative estimate of drug-likeness (QED) is 0.260. The highest BCUT2D eigenvalue weighted by molar-refractivity contribution is 5.93. The van der Waals surface area contributed by atoms with Crippen molar-refractivity contribution < 1.29 is 19.4 Å². The van der Waals surface area contributed by atoms with E-state index in [1.54, 1.807) is 0 Å². The first-order valence-corrected chi connectivity index (χ1v) is 12.6. The molecule has 1 aliphatic carbocycles. The van der Waals surface area contributed by atoms with Gasteiger partial charge in [0.05, 0.1) is 24.8 Å². The molecule has 0 bridgehead atoms. The molecule has 190 valence electrons. The monoisotopic (exact) mass is 490 g/mol. The molecule has 1 heterocycles. The number of amides is 1. The van der Waals surface area contributed by atoms with Crippen molar-refractivity contribution in [2.75, 3.05) is 13.2 Å². The maximum atomic E-state index is 12.9. The van der Waals surface area contributed by atoms with Crippen molar-refractivity contribution in [3.63, 3.8) is 0 Å². The van der Waals surface area contributed by atoms with Gasteiger partial charge in [0.15, 0.2) is 5.69 Å². The molecule has 3 aromatic rings. The third-order valence-electron chi connectivity index (χ3n) is 6.95. The number of nitrogens with one attached hydrogen (secondary N) is 2. The Morgan fingerprint density at radius 1 is 1.03 bits per heavy atom. The number of aliphatic hydroxyl groups excluding tert-OH is 1. The second-order valence-electron chi connectivity index (χ2n) is 9.82. The molecular formula is C28H34N4O4. The fourth-order valence-corrected chi connectivity index (χ4v) is 5.12. The lowest BCUT2D eigenvalue weighted by molar-refractivity contribution is -0.173. The molecular weight excluding hydrogens is 456 g/mol. The van der Waals surface area contributed by atoms with Crippen LogP contribution in [0.5, 0.6) is 0 Å². The van der Waals surface area contributed by atoms with Gasteiger partial charge in [-0.05, 0) is 42.4 Å². The molecule has 1 aromatic heterocycles. The molecule has 4 rings (SSSR count). The predicted octanol–water partition coefficient (Wildman–Crippen LogP) is 4.08. The Morgan fingerprint density at radius 3 is 2.39 bits per heavy atom. The van der Waals surface area contributed by atoms with Gasteiger partial charge in [0.2, 0.25) is 0 Å². The average Bonchev–Trinajstić information content (AvgIpc) is 3.43. The van der Waals surface area contributed by atoms with Crippen molar-refractivity contribution >= 4 is 11.9 Å². The first-order chi connectivity index (χ1) is 17.5. The number of ether oxygens (including phenoxy) is 1. The van der Waals surface area contributed by atoms with Crippen LogP contribution in [0.25, 0.3) is 11.1 Å². The number of unbranched alkanes of at least 4 members (excludes halogenated alkanes) is 3. The number of esters is 1. The van der Waals surface area contributed by atoms with Crippen molar-refractivity contribution in [3.05, 3.63) is 72.1 Å². The average molecular weight is 491 g/mol. The van der Waals surface area contributed by atoms with Crippen molar-refractivity contribution in [2.24, 2.45) is 5.41 Å². The molecule has 1 aliphatic rings. The summed E-state index contributed by atoms with van der Waals surface area (Å²) in [4.78, 5) is 25.8. The minimum Gasteiger partial charge on any atom is -0.465 e. The van der Waals surface area contributed by atoms with Crippen LogP contribution in [0.2, 0.25) is 0 Å². The number of carbonyl (C=O) groups is 2. The van der Waals surface area contributed by atoms with Gasteiger partial charge < -0.3 is 15.2 Å². The third kappa shape index (κ3) is 5.82. The molecule has 8 nitrogen and oxygen atoms in total. The summed E-state index contributed by atoms with van der Waals surface area (Å²) in [6.45, 7) is 2.15. The number of aromatic amines is 1. The van der Waals surface area contributed by atoms with Crippen LogP contribution in [0.3, 0.4) is 0 Å². The van der Waals surface area contributed by atoms with Gasteiger partial charge in [-0.15, -0.1) is 5.10 Å². The molecule has 1 fully saturated rings. The number of H-pyrrole nitrogens is 1. The Kier molecular flexibility index (Phi) is 8.15. The van der Waals surface area contributed by atoms with Gasteiger partial charge in [-0.25, -0.2) is 0 Å². The molecule has 0 spiro atoms. The zero-order valence-electron chi connectivity index (χ0n) is 20.7. The van der Waals surface area contributed by atoms with Gasteiger partial charge in [-0.2, -0.15) is 0 Å². The summed E-state index contributed by atoms with van der Waals surface area (Å²) in [6, 6.07) is 18.3. The Bertz CT molecular complexity index is 1120. The number of hydrogen-bond donors (Lipinski definition) is 3. The molecule has 36 heavy (non-hydrogen) atoms. The second kappa shape index (κ2) is 11.5. The first kappa shape index (κ1) is 25.6. The standard InChI is InChI=1S/C28H34N4O4/c1-2-3-4-8-15-36-26(35)27(20-33)18-28(19-27,30-25(34)24-17-29-32-31-24)16-21-11-13-23(14-12-21)22-9-6-5-7-10-22/h5-7,9-14,17,33H,2-4,8,15-16,18-20H2,1H3,(H,30,34)(H,29,31,32)/t27-,28-. The predicted molar refractivity (Wildman–Crippen MR) is 136 cm³/mol.